The molecule has 172 valence electrons. The van der Waals surface area contributed by atoms with Gasteiger partial charge in [0.2, 0.25) is 5.91 Å². The summed E-state index contributed by atoms with van der Waals surface area (Å²) < 4.78 is 1.71. The summed E-state index contributed by atoms with van der Waals surface area (Å²) in [5, 5.41) is 8.54. The van der Waals surface area contributed by atoms with Crippen LogP contribution in [0.1, 0.15) is 81.5 Å². The van der Waals surface area contributed by atoms with Crippen LogP contribution in [0.15, 0.2) is 24.3 Å². The van der Waals surface area contributed by atoms with Crippen LogP contribution in [0.3, 0.4) is 0 Å². The molecular formula is C25H33ClN4O2. The molecule has 2 heterocycles. The fourth-order valence-electron chi connectivity index (χ4n) is 4.75. The lowest BCUT2D eigenvalue weighted by molar-refractivity contribution is -0.127. The Morgan fingerprint density at radius 2 is 1.91 bits per heavy atom. The molecule has 1 saturated carbocycles. The fraction of sp³-hybridized carbons (Fsp3) is 0.560. The van der Waals surface area contributed by atoms with Gasteiger partial charge in [-0.3, -0.25) is 19.2 Å². The zero-order chi connectivity index (χ0) is 23.3. The predicted molar refractivity (Wildman–Crippen MR) is 127 cm³/mol. The van der Waals surface area contributed by atoms with E-state index >= 15 is 0 Å². The molecule has 0 spiro atoms. The Kier molecular flexibility index (Phi) is 5.86. The minimum absolute atomic E-state index is 0.143. The van der Waals surface area contributed by atoms with Crippen LogP contribution in [0.2, 0.25) is 5.02 Å². The first-order valence-corrected chi connectivity index (χ1v) is 11.9. The molecule has 0 radical (unpaired) electrons. The number of nitrogens with zero attached hydrogens (tertiary/aromatic N) is 3. The van der Waals surface area contributed by atoms with Crippen molar-refractivity contribution in [2.24, 2.45) is 0 Å². The van der Waals surface area contributed by atoms with Crippen LogP contribution >= 0.6 is 11.6 Å². The van der Waals surface area contributed by atoms with Gasteiger partial charge in [0.15, 0.2) is 0 Å². The molecule has 2 aromatic rings. The van der Waals surface area contributed by atoms with E-state index in [2.05, 4.69) is 26.1 Å². The summed E-state index contributed by atoms with van der Waals surface area (Å²) in [5.74, 6) is -0.374. The molecule has 0 saturated heterocycles. The highest BCUT2D eigenvalue weighted by atomic mass is 35.5. The second-order valence-electron chi connectivity index (χ2n) is 10.4. The summed E-state index contributed by atoms with van der Waals surface area (Å²) in [6.07, 6.45) is 5.41. The lowest BCUT2D eigenvalue weighted by Gasteiger charge is -2.44. The molecule has 1 unspecified atom stereocenters. The van der Waals surface area contributed by atoms with Gasteiger partial charge >= 0.3 is 0 Å². The zero-order valence-corrected chi connectivity index (χ0v) is 20.4. The van der Waals surface area contributed by atoms with Gasteiger partial charge in [-0.05, 0) is 50.5 Å². The number of fused-ring (bicyclic) bond motifs is 1. The molecule has 32 heavy (non-hydrogen) atoms. The lowest BCUT2D eigenvalue weighted by atomic mass is 9.90. The number of nitrogens with one attached hydrogen (secondary N) is 1. The van der Waals surface area contributed by atoms with Crippen LogP contribution in [0.5, 0.6) is 0 Å². The molecule has 1 N–H and O–H groups in total. The monoisotopic (exact) mass is 456 g/mol. The molecule has 0 bridgehead atoms. The van der Waals surface area contributed by atoms with Crippen molar-refractivity contribution in [1.82, 2.24) is 15.1 Å². The third kappa shape index (κ3) is 3.94. The highest BCUT2D eigenvalue weighted by Gasteiger charge is 2.50. The van der Waals surface area contributed by atoms with Gasteiger partial charge in [-0.15, -0.1) is 0 Å². The van der Waals surface area contributed by atoms with Crippen LogP contribution in [-0.4, -0.2) is 33.2 Å². The Bertz CT molecular complexity index is 1050. The number of carbonyl (C=O) groups is 2. The average Bonchev–Trinajstić information content (AvgIpc) is 3.16. The van der Waals surface area contributed by atoms with Gasteiger partial charge in [-0.2, -0.15) is 5.10 Å². The minimum atomic E-state index is -1.13. The van der Waals surface area contributed by atoms with Gasteiger partial charge in [0.25, 0.3) is 5.91 Å². The second-order valence-corrected chi connectivity index (χ2v) is 10.8. The number of carbonyl (C=O) groups excluding carboxylic acids is 2. The number of hydrogen-bond donors (Lipinski definition) is 1. The number of halogens is 1. The molecule has 1 fully saturated rings. The topological polar surface area (TPSA) is 67.2 Å². The Labute approximate surface area is 195 Å². The van der Waals surface area contributed by atoms with Gasteiger partial charge < -0.3 is 5.32 Å². The SMILES string of the molecule is Cc1c(Cl)cccc1N1C(=O)c2cc(C(C)(C)C)nn2CC1(C)C(=O)NC1CCCCC1. The van der Waals surface area contributed by atoms with E-state index < -0.39 is 5.54 Å². The van der Waals surface area contributed by atoms with Crippen LogP contribution in [0.25, 0.3) is 0 Å². The lowest BCUT2D eigenvalue weighted by Crippen LogP contribution is -2.65. The number of aromatic nitrogens is 2. The van der Waals surface area contributed by atoms with E-state index in [1.165, 1.54) is 6.42 Å². The summed E-state index contributed by atoms with van der Waals surface area (Å²) in [6, 6.07) is 7.49. The second kappa shape index (κ2) is 8.22. The van der Waals surface area contributed by atoms with Gasteiger partial charge in [0, 0.05) is 22.2 Å². The fourth-order valence-corrected chi connectivity index (χ4v) is 4.92. The number of rotatable bonds is 3. The van der Waals surface area contributed by atoms with Crippen molar-refractivity contribution in [1.29, 1.82) is 0 Å². The molecule has 6 nitrogen and oxygen atoms in total. The molecule has 1 atom stereocenters. The number of anilines is 1. The first-order chi connectivity index (χ1) is 15.0. The number of benzene rings is 1. The first-order valence-electron chi connectivity index (χ1n) is 11.5. The standard InChI is InChI=1S/C25H33ClN4O2/c1-16-18(26)12-9-13-19(16)30-22(31)20-14-21(24(2,3)4)28-29(20)15-25(30,5)23(32)27-17-10-7-6-8-11-17/h9,12-14,17H,6-8,10-11,15H2,1-5H3,(H,27,32). The molecule has 4 rings (SSSR count). The Balaban J connectivity index is 1.81. The van der Waals surface area contributed by atoms with Crippen molar-refractivity contribution < 1.29 is 9.59 Å². The molecule has 1 aromatic heterocycles. The van der Waals surface area contributed by atoms with Crippen molar-refractivity contribution in [3.8, 4) is 0 Å². The Morgan fingerprint density at radius 3 is 2.56 bits per heavy atom. The summed E-state index contributed by atoms with van der Waals surface area (Å²) in [7, 11) is 0. The molecule has 2 amide bonds. The zero-order valence-electron chi connectivity index (χ0n) is 19.7. The molecule has 1 aliphatic heterocycles. The van der Waals surface area contributed by atoms with Crippen molar-refractivity contribution >= 4 is 29.1 Å². The van der Waals surface area contributed by atoms with Crippen molar-refractivity contribution in [2.75, 3.05) is 4.90 Å². The predicted octanol–water partition coefficient (Wildman–Crippen LogP) is 5.01. The maximum Gasteiger partial charge on any atom is 0.277 e. The smallest absolute Gasteiger partial charge is 0.277 e. The van der Waals surface area contributed by atoms with E-state index in [0.717, 1.165) is 36.9 Å². The van der Waals surface area contributed by atoms with Gasteiger partial charge in [0.1, 0.15) is 11.2 Å². The quantitative estimate of drug-likeness (QED) is 0.705. The van der Waals surface area contributed by atoms with Crippen molar-refractivity contribution in [2.45, 2.75) is 90.3 Å². The van der Waals surface area contributed by atoms with Crippen molar-refractivity contribution in [3.63, 3.8) is 0 Å². The van der Waals surface area contributed by atoms with Crippen LogP contribution < -0.4 is 10.2 Å². The third-order valence-electron chi connectivity index (χ3n) is 6.83. The van der Waals surface area contributed by atoms with E-state index in [4.69, 9.17) is 16.7 Å². The highest BCUT2D eigenvalue weighted by molar-refractivity contribution is 6.32. The number of hydrogen-bond acceptors (Lipinski definition) is 3. The van der Waals surface area contributed by atoms with Crippen LogP contribution in [-0.2, 0) is 16.8 Å². The van der Waals surface area contributed by atoms with E-state index in [-0.39, 0.29) is 29.8 Å². The normalized spacial score (nSPS) is 22.1. The van der Waals surface area contributed by atoms with Crippen LogP contribution in [0.4, 0.5) is 5.69 Å². The first kappa shape index (κ1) is 22.8. The highest BCUT2D eigenvalue weighted by Crippen LogP contribution is 2.38. The Morgan fingerprint density at radius 1 is 1.22 bits per heavy atom. The number of amides is 2. The summed E-state index contributed by atoms with van der Waals surface area (Å²) in [5.41, 5.74) is 1.44. The van der Waals surface area contributed by atoms with Gasteiger partial charge in [0.05, 0.1) is 12.2 Å². The van der Waals surface area contributed by atoms with Crippen molar-refractivity contribution in [3.05, 3.63) is 46.2 Å². The average molecular weight is 457 g/mol. The molecule has 2 aliphatic rings. The maximum absolute atomic E-state index is 13.9. The molecular weight excluding hydrogens is 424 g/mol. The largest absolute Gasteiger partial charge is 0.351 e. The van der Waals surface area contributed by atoms with Crippen LogP contribution in [0, 0.1) is 6.92 Å². The van der Waals surface area contributed by atoms with E-state index in [0.29, 0.717) is 16.4 Å². The third-order valence-corrected chi connectivity index (χ3v) is 7.24. The molecule has 1 aliphatic carbocycles. The Hall–Kier alpha value is -2.34. The van der Waals surface area contributed by atoms with Gasteiger partial charge in [-0.25, -0.2) is 0 Å². The maximum atomic E-state index is 13.9. The minimum Gasteiger partial charge on any atom is -0.351 e. The summed E-state index contributed by atoms with van der Waals surface area (Å²) in [6.45, 7) is 10.2. The van der Waals surface area contributed by atoms with E-state index in [9.17, 15) is 9.59 Å². The molecule has 7 heteroatoms. The summed E-state index contributed by atoms with van der Waals surface area (Å²) >= 11 is 6.42. The summed E-state index contributed by atoms with van der Waals surface area (Å²) in [4.78, 5) is 29.3. The van der Waals surface area contributed by atoms with Gasteiger partial charge in [-0.1, -0.05) is 57.7 Å². The van der Waals surface area contributed by atoms with E-state index in [1.807, 2.05) is 32.0 Å². The molecule has 1 aromatic carbocycles. The van der Waals surface area contributed by atoms with E-state index in [1.54, 1.807) is 15.6 Å².